The van der Waals surface area contributed by atoms with Crippen LogP contribution in [0.1, 0.15) is 38.5 Å². The molecule has 0 unspecified atom stereocenters. The molecule has 0 spiro atoms. The van der Waals surface area contributed by atoms with E-state index in [2.05, 4.69) is 25.8 Å². The Labute approximate surface area is 154 Å². The van der Waals surface area contributed by atoms with Gasteiger partial charge < -0.3 is 20.3 Å². The summed E-state index contributed by atoms with van der Waals surface area (Å²) in [6.07, 6.45) is 8.29. The van der Waals surface area contributed by atoms with Crippen LogP contribution in [0.25, 0.3) is 0 Å². The molecule has 4 heterocycles. The van der Waals surface area contributed by atoms with E-state index in [-0.39, 0.29) is 17.9 Å². The third-order valence-corrected chi connectivity index (χ3v) is 6.15. The molecule has 3 saturated heterocycles. The lowest BCUT2D eigenvalue weighted by atomic mass is 9.84. The first-order valence-corrected chi connectivity index (χ1v) is 9.95. The van der Waals surface area contributed by atoms with Gasteiger partial charge in [-0.3, -0.25) is 4.79 Å². The van der Waals surface area contributed by atoms with E-state index >= 15 is 0 Å². The summed E-state index contributed by atoms with van der Waals surface area (Å²) < 4.78 is 5.85. The van der Waals surface area contributed by atoms with E-state index in [1.807, 2.05) is 0 Å². The number of nitrogens with two attached hydrogens (primary N) is 1. The van der Waals surface area contributed by atoms with Crippen LogP contribution in [0.15, 0.2) is 12.4 Å². The number of amides is 1. The molecular weight excluding hydrogens is 330 g/mol. The maximum atomic E-state index is 11.6. The Hall–Kier alpha value is -1.89. The molecule has 1 aromatic heterocycles. The highest BCUT2D eigenvalue weighted by Gasteiger charge is 2.39. The van der Waals surface area contributed by atoms with Crippen LogP contribution in [0.2, 0.25) is 0 Å². The van der Waals surface area contributed by atoms with Gasteiger partial charge in [-0.1, -0.05) is 0 Å². The molecule has 7 nitrogen and oxygen atoms in total. The molecule has 26 heavy (non-hydrogen) atoms. The molecule has 0 radical (unpaired) electrons. The quantitative estimate of drug-likeness (QED) is 0.878. The second-order valence-corrected chi connectivity index (χ2v) is 7.74. The minimum atomic E-state index is -0.211. The summed E-state index contributed by atoms with van der Waals surface area (Å²) in [7, 11) is 0. The Morgan fingerprint density at radius 3 is 2.31 bits per heavy atom. The number of piperidine rings is 2. The first kappa shape index (κ1) is 17.5. The van der Waals surface area contributed by atoms with Gasteiger partial charge in [-0.05, 0) is 44.4 Å². The van der Waals surface area contributed by atoms with Crippen molar-refractivity contribution in [3.05, 3.63) is 12.4 Å². The van der Waals surface area contributed by atoms with Crippen LogP contribution in [0.4, 0.5) is 11.6 Å². The summed E-state index contributed by atoms with van der Waals surface area (Å²) in [5.41, 5.74) is 5.55. The topological polar surface area (TPSA) is 84.6 Å². The molecule has 1 amide bonds. The summed E-state index contributed by atoms with van der Waals surface area (Å²) in [5, 5.41) is 0. The van der Waals surface area contributed by atoms with Crippen molar-refractivity contribution >= 4 is 17.5 Å². The lowest BCUT2D eigenvalue weighted by molar-refractivity contribution is -0.124. The molecular formula is C19H29N5O2. The van der Waals surface area contributed by atoms with Gasteiger partial charge >= 0.3 is 0 Å². The van der Waals surface area contributed by atoms with Crippen LogP contribution in [0.3, 0.4) is 0 Å². The maximum absolute atomic E-state index is 11.6. The van der Waals surface area contributed by atoms with Crippen LogP contribution in [0.5, 0.6) is 0 Å². The molecule has 3 aliphatic rings. The van der Waals surface area contributed by atoms with Crippen molar-refractivity contribution < 1.29 is 9.53 Å². The SMILES string of the molecule is NC(=O)[C@H]1CCO[C@@H]1C1CCN(c2cc(N3CCCCC3)ncn2)CC1. The van der Waals surface area contributed by atoms with E-state index in [1.165, 1.54) is 19.3 Å². The van der Waals surface area contributed by atoms with Crippen LogP contribution in [-0.2, 0) is 9.53 Å². The van der Waals surface area contributed by atoms with Crippen molar-refractivity contribution in [2.45, 2.75) is 44.6 Å². The Morgan fingerprint density at radius 1 is 1.00 bits per heavy atom. The van der Waals surface area contributed by atoms with Crippen LogP contribution in [-0.4, -0.2) is 54.8 Å². The summed E-state index contributed by atoms with van der Waals surface area (Å²) in [6.45, 7) is 4.71. The molecule has 2 atom stereocenters. The average Bonchev–Trinajstić information content (AvgIpc) is 3.19. The molecule has 7 heteroatoms. The minimum Gasteiger partial charge on any atom is -0.377 e. The molecule has 0 aromatic carbocycles. The van der Waals surface area contributed by atoms with Gasteiger partial charge in [0, 0.05) is 38.9 Å². The van der Waals surface area contributed by atoms with Gasteiger partial charge in [-0.15, -0.1) is 0 Å². The monoisotopic (exact) mass is 359 g/mol. The van der Waals surface area contributed by atoms with Gasteiger partial charge in [0.05, 0.1) is 12.0 Å². The Morgan fingerprint density at radius 2 is 1.65 bits per heavy atom. The molecule has 0 aliphatic carbocycles. The number of hydrogen-bond acceptors (Lipinski definition) is 6. The zero-order valence-corrected chi connectivity index (χ0v) is 15.3. The highest BCUT2D eigenvalue weighted by atomic mass is 16.5. The summed E-state index contributed by atoms with van der Waals surface area (Å²) in [6, 6.07) is 2.13. The van der Waals surface area contributed by atoms with Crippen LogP contribution in [0, 0.1) is 11.8 Å². The predicted molar refractivity (Wildman–Crippen MR) is 100 cm³/mol. The third kappa shape index (κ3) is 3.63. The van der Waals surface area contributed by atoms with E-state index < -0.39 is 0 Å². The Kier molecular flexibility index (Phi) is 5.24. The second kappa shape index (κ2) is 7.78. The molecule has 0 saturated carbocycles. The van der Waals surface area contributed by atoms with E-state index in [4.69, 9.17) is 10.5 Å². The summed E-state index contributed by atoms with van der Waals surface area (Å²) in [5.74, 6) is 2.14. The number of hydrogen-bond donors (Lipinski definition) is 1. The van der Waals surface area contributed by atoms with Crippen molar-refractivity contribution in [3.63, 3.8) is 0 Å². The third-order valence-electron chi connectivity index (χ3n) is 6.15. The van der Waals surface area contributed by atoms with Gasteiger partial charge in [0.25, 0.3) is 0 Å². The van der Waals surface area contributed by atoms with E-state index in [0.717, 1.165) is 57.1 Å². The molecule has 4 rings (SSSR count). The molecule has 1 aromatic rings. The van der Waals surface area contributed by atoms with Gasteiger partial charge in [0.15, 0.2) is 0 Å². The number of ether oxygens (including phenoxy) is 1. The number of rotatable bonds is 4. The van der Waals surface area contributed by atoms with Crippen LogP contribution < -0.4 is 15.5 Å². The number of aromatic nitrogens is 2. The van der Waals surface area contributed by atoms with Crippen molar-refractivity contribution in [2.75, 3.05) is 42.6 Å². The van der Waals surface area contributed by atoms with Crippen molar-refractivity contribution in [1.29, 1.82) is 0 Å². The zero-order valence-electron chi connectivity index (χ0n) is 15.3. The zero-order chi connectivity index (χ0) is 17.9. The molecule has 142 valence electrons. The number of nitrogens with zero attached hydrogens (tertiary/aromatic N) is 4. The second-order valence-electron chi connectivity index (χ2n) is 7.74. The van der Waals surface area contributed by atoms with Crippen molar-refractivity contribution in [2.24, 2.45) is 17.6 Å². The maximum Gasteiger partial charge on any atom is 0.223 e. The molecule has 3 aliphatic heterocycles. The molecule has 0 bridgehead atoms. The van der Waals surface area contributed by atoms with Gasteiger partial charge in [0.2, 0.25) is 5.91 Å². The normalized spacial score (nSPS) is 27.7. The summed E-state index contributed by atoms with van der Waals surface area (Å²) in [4.78, 5) is 25.3. The summed E-state index contributed by atoms with van der Waals surface area (Å²) >= 11 is 0. The van der Waals surface area contributed by atoms with Crippen molar-refractivity contribution in [3.8, 4) is 0 Å². The number of primary amides is 1. The number of carbonyl (C=O) groups is 1. The van der Waals surface area contributed by atoms with Gasteiger partial charge in [0.1, 0.15) is 18.0 Å². The number of anilines is 2. The van der Waals surface area contributed by atoms with Crippen LogP contribution >= 0.6 is 0 Å². The van der Waals surface area contributed by atoms with E-state index in [0.29, 0.717) is 12.5 Å². The van der Waals surface area contributed by atoms with Gasteiger partial charge in [-0.25, -0.2) is 9.97 Å². The lowest BCUT2D eigenvalue weighted by Gasteiger charge is -2.36. The highest BCUT2D eigenvalue weighted by molar-refractivity contribution is 5.77. The molecule has 2 N–H and O–H groups in total. The fourth-order valence-electron chi connectivity index (χ4n) is 4.64. The lowest BCUT2D eigenvalue weighted by Crippen LogP contribution is -2.42. The standard InChI is InChI=1S/C19H29N5O2/c20-19(25)15-6-11-26-18(15)14-4-9-24(10-5-14)17-12-16(21-13-22-17)23-7-2-1-3-8-23/h12-15,18H,1-11H2,(H2,20,25)/t15-,18+/m0/s1. The first-order valence-electron chi connectivity index (χ1n) is 9.95. The van der Waals surface area contributed by atoms with E-state index in [9.17, 15) is 4.79 Å². The fourth-order valence-corrected chi connectivity index (χ4v) is 4.64. The fraction of sp³-hybridized carbons (Fsp3) is 0.737. The average molecular weight is 359 g/mol. The van der Waals surface area contributed by atoms with E-state index in [1.54, 1.807) is 6.33 Å². The van der Waals surface area contributed by atoms with Gasteiger partial charge in [-0.2, -0.15) is 0 Å². The largest absolute Gasteiger partial charge is 0.377 e. The Bertz CT molecular complexity index is 626. The number of carbonyl (C=O) groups excluding carboxylic acids is 1. The smallest absolute Gasteiger partial charge is 0.223 e. The first-order chi connectivity index (χ1) is 12.7. The predicted octanol–water partition coefficient (Wildman–Crippen LogP) is 1.57. The highest BCUT2D eigenvalue weighted by Crippen LogP contribution is 2.34. The Balaban J connectivity index is 1.38. The molecule has 3 fully saturated rings. The van der Waals surface area contributed by atoms with Crippen molar-refractivity contribution in [1.82, 2.24) is 9.97 Å². The minimum absolute atomic E-state index is 0.00367.